The Hall–Kier alpha value is -0.570. The molecule has 3 nitrogen and oxygen atoms in total. The lowest BCUT2D eigenvalue weighted by atomic mass is 10.1. The number of carbonyl (C=O) groups is 1. The molecule has 21 heavy (non-hydrogen) atoms. The van der Waals surface area contributed by atoms with Crippen LogP contribution in [0.4, 0.5) is 0 Å². The molecule has 1 atom stereocenters. The third-order valence-electron chi connectivity index (χ3n) is 3.68. The van der Waals surface area contributed by atoms with Gasteiger partial charge in [0.1, 0.15) is 6.04 Å². The lowest BCUT2D eigenvalue weighted by Crippen LogP contribution is -2.39. The van der Waals surface area contributed by atoms with Crippen molar-refractivity contribution >= 4 is 5.97 Å². The van der Waals surface area contributed by atoms with Crippen molar-refractivity contribution in [3.05, 3.63) is 0 Å². The molecule has 0 bridgehead atoms. The summed E-state index contributed by atoms with van der Waals surface area (Å²) in [4.78, 5) is 11.7. The van der Waals surface area contributed by atoms with Gasteiger partial charge in [0.05, 0.1) is 6.61 Å². The molecular formula is C18H37NO2. The number of unbranched alkanes of at least 4 members (excludes halogenated alkanes) is 9. The molecule has 1 unspecified atom stereocenters. The Morgan fingerprint density at radius 2 is 1.33 bits per heavy atom. The molecule has 0 fully saturated rings. The summed E-state index contributed by atoms with van der Waals surface area (Å²) in [6, 6.07) is 0.109. The third-order valence-corrected chi connectivity index (χ3v) is 3.68. The first-order valence-electron chi connectivity index (χ1n) is 9.00. The molecule has 0 aromatic heterocycles. The number of esters is 1. The zero-order valence-electron chi connectivity index (χ0n) is 14.7. The highest BCUT2D eigenvalue weighted by Crippen LogP contribution is 2.10. The van der Waals surface area contributed by atoms with Crippen molar-refractivity contribution < 1.29 is 9.53 Å². The van der Waals surface area contributed by atoms with Crippen LogP contribution in [0, 0.1) is 0 Å². The lowest BCUT2D eigenvalue weighted by molar-refractivity contribution is -0.146. The van der Waals surface area contributed by atoms with Crippen LogP contribution in [-0.2, 0) is 9.53 Å². The summed E-state index contributed by atoms with van der Waals surface area (Å²) in [7, 11) is 0. The normalized spacial score (nSPS) is 12.6. The molecule has 0 aromatic carbocycles. The van der Waals surface area contributed by atoms with E-state index in [4.69, 9.17) is 4.74 Å². The van der Waals surface area contributed by atoms with Crippen molar-refractivity contribution in [2.45, 2.75) is 104 Å². The third kappa shape index (κ3) is 14.1. The fourth-order valence-corrected chi connectivity index (χ4v) is 2.46. The highest BCUT2D eigenvalue weighted by Gasteiger charge is 2.14. The fraction of sp³-hybridized carbons (Fsp3) is 0.944. The fourth-order valence-electron chi connectivity index (χ4n) is 2.46. The summed E-state index contributed by atoms with van der Waals surface area (Å²) in [5.74, 6) is -0.125. The monoisotopic (exact) mass is 299 g/mol. The number of hydrogen-bond acceptors (Lipinski definition) is 3. The summed E-state index contributed by atoms with van der Waals surface area (Å²) < 4.78 is 5.28. The van der Waals surface area contributed by atoms with Crippen LogP contribution in [0.2, 0.25) is 0 Å². The van der Waals surface area contributed by atoms with Crippen LogP contribution in [0.5, 0.6) is 0 Å². The Labute approximate surface area is 132 Å². The van der Waals surface area contributed by atoms with Gasteiger partial charge in [-0.15, -0.1) is 0 Å². The van der Waals surface area contributed by atoms with Gasteiger partial charge in [-0.25, -0.2) is 0 Å². The van der Waals surface area contributed by atoms with E-state index >= 15 is 0 Å². The summed E-state index contributed by atoms with van der Waals surface area (Å²) in [5, 5.41) is 3.16. The minimum Gasteiger partial charge on any atom is -0.465 e. The van der Waals surface area contributed by atoms with Gasteiger partial charge in [-0.3, -0.25) is 4.79 Å². The Balaban J connectivity index is 3.26. The maximum Gasteiger partial charge on any atom is 0.322 e. The van der Waals surface area contributed by atoms with Gasteiger partial charge >= 0.3 is 5.97 Å². The van der Waals surface area contributed by atoms with Gasteiger partial charge in [-0.05, 0) is 13.3 Å². The van der Waals surface area contributed by atoms with E-state index in [1.54, 1.807) is 0 Å². The van der Waals surface area contributed by atoms with E-state index in [1.165, 1.54) is 57.8 Å². The molecular weight excluding hydrogens is 262 g/mol. The molecule has 0 amide bonds. The van der Waals surface area contributed by atoms with E-state index in [0.717, 1.165) is 6.42 Å². The topological polar surface area (TPSA) is 38.3 Å². The maximum absolute atomic E-state index is 11.7. The molecule has 126 valence electrons. The number of hydrogen-bond donors (Lipinski definition) is 1. The van der Waals surface area contributed by atoms with Crippen LogP contribution >= 0.6 is 0 Å². The first-order valence-corrected chi connectivity index (χ1v) is 9.00. The second-order valence-electron chi connectivity index (χ2n) is 6.39. The van der Waals surface area contributed by atoms with Gasteiger partial charge in [0.25, 0.3) is 0 Å². The van der Waals surface area contributed by atoms with Crippen LogP contribution in [0.1, 0.15) is 91.9 Å². The predicted octanol–water partition coefficient (Wildman–Crippen LogP) is 4.84. The average molecular weight is 299 g/mol. The van der Waals surface area contributed by atoms with Crippen molar-refractivity contribution in [3.63, 3.8) is 0 Å². The van der Waals surface area contributed by atoms with Gasteiger partial charge in [0.15, 0.2) is 0 Å². The Kier molecular flexibility index (Phi) is 14.0. The van der Waals surface area contributed by atoms with E-state index in [0.29, 0.717) is 12.6 Å². The molecule has 0 aliphatic heterocycles. The van der Waals surface area contributed by atoms with Crippen LogP contribution < -0.4 is 5.32 Å². The van der Waals surface area contributed by atoms with E-state index < -0.39 is 0 Å². The summed E-state index contributed by atoms with van der Waals surface area (Å²) in [6.07, 6.45) is 13.0. The predicted molar refractivity (Wildman–Crippen MR) is 90.5 cm³/mol. The second kappa shape index (κ2) is 14.4. The SMILES string of the molecule is CCCCCCCCCCCCOC(=O)C(C)NC(C)C. The van der Waals surface area contributed by atoms with Crippen molar-refractivity contribution in [1.82, 2.24) is 5.32 Å². The number of ether oxygens (including phenoxy) is 1. The minimum atomic E-state index is -0.201. The smallest absolute Gasteiger partial charge is 0.322 e. The largest absolute Gasteiger partial charge is 0.465 e. The van der Waals surface area contributed by atoms with E-state index in [-0.39, 0.29) is 12.0 Å². The second-order valence-corrected chi connectivity index (χ2v) is 6.39. The van der Waals surface area contributed by atoms with E-state index in [1.807, 2.05) is 20.8 Å². The zero-order chi connectivity index (χ0) is 15.9. The van der Waals surface area contributed by atoms with E-state index in [2.05, 4.69) is 12.2 Å². The number of nitrogens with one attached hydrogen (secondary N) is 1. The van der Waals surface area contributed by atoms with Crippen LogP contribution in [0.15, 0.2) is 0 Å². The van der Waals surface area contributed by atoms with Gasteiger partial charge in [-0.1, -0.05) is 78.6 Å². The number of carbonyl (C=O) groups excluding carboxylic acids is 1. The van der Waals surface area contributed by atoms with Crippen LogP contribution in [0.25, 0.3) is 0 Å². The molecule has 0 heterocycles. The highest BCUT2D eigenvalue weighted by molar-refractivity contribution is 5.75. The van der Waals surface area contributed by atoms with Crippen molar-refractivity contribution in [3.8, 4) is 0 Å². The maximum atomic E-state index is 11.7. The molecule has 0 aliphatic rings. The summed E-state index contributed by atoms with van der Waals surface area (Å²) in [5.41, 5.74) is 0. The summed E-state index contributed by atoms with van der Waals surface area (Å²) in [6.45, 7) is 8.75. The zero-order valence-corrected chi connectivity index (χ0v) is 14.7. The quantitative estimate of drug-likeness (QED) is 0.368. The van der Waals surface area contributed by atoms with Crippen LogP contribution in [-0.4, -0.2) is 24.7 Å². The molecule has 0 spiro atoms. The first-order chi connectivity index (χ1) is 10.1. The minimum absolute atomic E-state index is 0.125. The standard InChI is InChI=1S/C18H37NO2/c1-5-6-7-8-9-10-11-12-13-14-15-21-18(20)17(4)19-16(2)3/h16-17,19H,5-15H2,1-4H3. The first kappa shape index (κ1) is 20.4. The molecule has 0 rings (SSSR count). The average Bonchev–Trinajstić information content (AvgIpc) is 2.43. The number of rotatable bonds is 14. The molecule has 0 saturated carbocycles. The van der Waals surface area contributed by atoms with Crippen molar-refractivity contribution in [2.75, 3.05) is 6.61 Å². The van der Waals surface area contributed by atoms with Crippen LogP contribution in [0.3, 0.4) is 0 Å². The lowest BCUT2D eigenvalue weighted by Gasteiger charge is -2.15. The van der Waals surface area contributed by atoms with Gasteiger partial charge in [0.2, 0.25) is 0 Å². The Bertz CT molecular complexity index is 241. The summed E-state index contributed by atoms with van der Waals surface area (Å²) >= 11 is 0. The Morgan fingerprint density at radius 3 is 1.81 bits per heavy atom. The molecule has 0 aromatic rings. The highest BCUT2D eigenvalue weighted by atomic mass is 16.5. The molecule has 0 radical (unpaired) electrons. The molecule has 1 N–H and O–H groups in total. The van der Waals surface area contributed by atoms with Crippen molar-refractivity contribution in [1.29, 1.82) is 0 Å². The van der Waals surface area contributed by atoms with E-state index in [9.17, 15) is 4.79 Å². The van der Waals surface area contributed by atoms with Gasteiger partial charge in [-0.2, -0.15) is 0 Å². The van der Waals surface area contributed by atoms with Gasteiger partial charge in [0, 0.05) is 6.04 Å². The molecule has 3 heteroatoms. The Morgan fingerprint density at radius 1 is 0.857 bits per heavy atom. The van der Waals surface area contributed by atoms with Gasteiger partial charge < -0.3 is 10.1 Å². The molecule has 0 aliphatic carbocycles. The van der Waals surface area contributed by atoms with Crippen molar-refractivity contribution in [2.24, 2.45) is 0 Å². The molecule has 0 saturated heterocycles.